The van der Waals surface area contributed by atoms with Crippen molar-refractivity contribution in [3.63, 3.8) is 0 Å². The smallest absolute Gasteiger partial charge is 0.338 e. The number of aryl methyl sites for hydroxylation is 2. The first-order valence-corrected chi connectivity index (χ1v) is 7.69. The number of ether oxygens (including phenoxy) is 1. The molecular weight excluding hydrogens is 316 g/mol. The molecule has 20 heavy (non-hydrogen) atoms. The van der Waals surface area contributed by atoms with Gasteiger partial charge in [0.1, 0.15) is 6.61 Å². The molecule has 2 nitrogen and oxygen atoms in total. The maximum absolute atomic E-state index is 12.1. The van der Waals surface area contributed by atoms with Crippen LogP contribution in [0.15, 0.2) is 48.5 Å². The van der Waals surface area contributed by atoms with E-state index in [-0.39, 0.29) is 5.97 Å². The molecule has 2 rings (SSSR count). The third-order valence-electron chi connectivity index (χ3n) is 3.16. The van der Waals surface area contributed by atoms with E-state index in [1.807, 2.05) is 48.5 Å². The Kier molecular flexibility index (Phi) is 5.36. The zero-order valence-corrected chi connectivity index (χ0v) is 13.0. The van der Waals surface area contributed by atoms with E-state index in [1.54, 1.807) is 0 Å². The summed E-state index contributed by atoms with van der Waals surface area (Å²) in [7, 11) is 0. The maximum Gasteiger partial charge on any atom is 0.338 e. The van der Waals surface area contributed by atoms with Crippen molar-refractivity contribution < 1.29 is 9.53 Å². The van der Waals surface area contributed by atoms with Crippen molar-refractivity contribution in [3.8, 4) is 0 Å². The topological polar surface area (TPSA) is 26.3 Å². The third kappa shape index (κ3) is 3.94. The molecule has 0 heterocycles. The third-order valence-corrected chi connectivity index (χ3v) is 3.56. The summed E-state index contributed by atoms with van der Waals surface area (Å²) in [5, 5.41) is 0.885. The van der Waals surface area contributed by atoms with Crippen molar-refractivity contribution in [2.24, 2.45) is 0 Å². The number of rotatable bonds is 5. The van der Waals surface area contributed by atoms with E-state index in [0.29, 0.717) is 12.2 Å². The average Bonchev–Trinajstić information content (AvgIpc) is 2.48. The lowest BCUT2D eigenvalue weighted by atomic mass is 10.0. The number of esters is 1. The summed E-state index contributed by atoms with van der Waals surface area (Å²) in [5.74, 6) is -0.273. The van der Waals surface area contributed by atoms with Gasteiger partial charge in [0, 0.05) is 5.33 Å². The largest absolute Gasteiger partial charge is 0.457 e. The quantitative estimate of drug-likeness (QED) is 0.603. The number of carbonyl (C=O) groups excluding carboxylic acids is 1. The van der Waals surface area contributed by atoms with E-state index in [1.165, 1.54) is 11.1 Å². The van der Waals surface area contributed by atoms with Gasteiger partial charge in [0.15, 0.2) is 0 Å². The van der Waals surface area contributed by atoms with Crippen LogP contribution in [0.25, 0.3) is 0 Å². The van der Waals surface area contributed by atoms with Crippen molar-refractivity contribution in [3.05, 3.63) is 70.8 Å². The average molecular weight is 333 g/mol. The molecule has 0 saturated heterocycles. The molecule has 0 amide bonds. The van der Waals surface area contributed by atoms with Crippen LogP contribution in [0.2, 0.25) is 0 Å². The summed E-state index contributed by atoms with van der Waals surface area (Å²) in [5.41, 5.74) is 3.98. The van der Waals surface area contributed by atoms with Gasteiger partial charge in [-0.25, -0.2) is 4.79 Å². The lowest BCUT2D eigenvalue weighted by Gasteiger charge is -2.08. The minimum absolute atomic E-state index is 0.273. The van der Waals surface area contributed by atoms with Gasteiger partial charge in [-0.3, -0.25) is 0 Å². The Hall–Kier alpha value is -1.61. The summed E-state index contributed by atoms with van der Waals surface area (Å²) in [4.78, 5) is 12.1. The molecule has 104 valence electrons. The fraction of sp³-hybridized carbons (Fsp3) is 0.235. The molecule has 0 aliphatic rings. The monoisotopic (exact) mass is 332 g/mol. The van der Waals surface area contributed by atoms with Crippen LogP contribution in [0.5, 0.6) is 0 Å². The van der Waals surface area contributed by atoms with E-state index in [4.69, 9.17) is 4.74 Å². The Morgan fingerprint density at radius 3 is 2.60 bits per heavy atom. The van der Waals surface area contributed by atoms with Gasteiger partial charge in [-0.2, -0.15) is 0 Å². The Morgan fingerprint density at radius 2 is 1.90 bits per heavy atom. The highest BCUT2D eigenvalue weighted by molar-refractivity contribution is 9.09. The first-order chi connectivity index (χ1) is 9.70. The lowest BCUT2D eigenvalue weighted by molar-refractivity contribution is 0.0472. The van der Waals surface area contributed by atoms with Crippen molar-refractivity contribution in [1.82, 2.24) is 0 Å². The van der Waals surface area contributed by atoms with Crippen molar-refractivity contribution in [2.75, 3.05) is 5.33 Å². The van der Waals surface area contributed by atoms with Gasteiger partial charge in [-0.05, 0) is 42.2 Å². The lowest BCUT2D eigenvalue weighted by Crippen LogP contribution is -2.06. The van der Waals surface area contributed by atoms with E-state index in [2.05, 4.69) is 22.9 Å². The van der Waals surface area contributed by atoms with E-state index >= 15 is 0 Å². The van der Waals surface area contributed by atoms with Gasteiger partial charge in [0.2, 0.25) is 0 Å². The van der Waals surface area contributed by atoms with Crippen LogP contribution in [0, 0.1) is 6.92 Å². The SMILES string of the molecule is Cc1ccc(C(=O)OCc2ccccc2)cc1CCBr. The van der Waals surface area contributed by atoms with Crippen LogP contribution < -0.4 is 0 Å². The second-order valence-corrected chi connectivity index (χ2v) is 5.43. The van der Waals surface area contributed by atoms with Gasteiger partial charge in [-0.1, -0.05) is 52.3 Å². The second kappa shape index (κ2) is 7.25. The number of alkyl halides is 1. The maximum atomic E-state index is 12.1. The van der Waals surface area contributed by atoms with Crippen LogP contribution in [0.3, 0.4) is 0 Å². The highest BCUT2D eigenvalue weighted by atomic mass is 79.9. The van der Waals surface area contributed by atoms with Crippen LogP contribution in [-0.2, 0) is 17.8 Å². The zero-order chi connectivity index (χ0) is 14.4. The van der Waals surface area contributed by atoms with Crippen molar-refractivity contribution >= 4 is 21.9 Å². The molecule has 0 aliphatic carbocycles. The molecule has 0 fully saturated rings. The number of halogens is 1. The van der Waals surface area contributed by atoms with Gasteiger partial charge in [0.05, 0.1) is 5.56 Å². The summed E-state index contributed by atoms with van der Waals surface area (Å²) in [6.07, 6.45) is 0.908. The highest BCUT2D eigenvalue weighted by Gasteiger charge is 2.09. The molecule has 0 spiro atoms. The fourth-order valence-electron chi connectivity index (χ4n) is 1.98. The van der Waals surface area contributed by atoms with Crippen LogP contribution in [-0.4, -0.2) is 11.3 Å². The Labute approximate surface area is 127 Å². The number of hydrogen-bond donors (Lipinski definition) is 0. The molecule has 0 atom stereocenters. The number of carbonyl (C=O) groups is 1. The van der Waals surface area contributed by atoms with Crippen LogP contribution >= 0.6 is 15.9 Å². The summed E-state index contributed by atoms with van der Waals surface area (Å²) >= 11 is 3.43. The Morgan fingerprint density at radius 1 is 1.15 bits per heavy atom. The number of hydrogen-bond acceptors (Lipinski definition) is 2. The minimum Gasteiger partial charge on any atom is -0.457 e. The molecule has 0 N–H and O–H groups in total. The molecule has 0 unspecified atom stereocenters. The molecule has 0 saturated carbocycles. The zero-order valence-electron chi connectivity index (χ0n) is 11.4. The van der Waals surface area contributed by atoms with Gasteiger partial charge in [-0.15, -0.1) is 0 Å². The molecular formula is C17H17BrO2. The number of benzene rings is 2. The van der Waals surface area contributed by atoms with Crippen molar-refractivity contribution in [1.29, 1.82) is 0 Å². The molecule has 0 aromatic heterocycles. The van der Waals surface area contributed by atoms with Crippen LogP contribution in [0.1, 0.15) is 27.0 Å². The molecule has 2 aromatic carbocycles. The predicted molar refractivity (Wildman–Crippen MR) is 84.2 cm³/mol. The second-order valence-electron chi connectivity index (χ2n) is 4.64. The molecule has 0 aliphatic heterocycles. The van der Waals surface area contributed by atoms with E-state index in [9.17, 15) is 4.79 Å². The van der Waals surface area contributed by atoms with E-state index in [0.717, 1.165) is 17.3 Å². The Bertz CT molecular complexity index is 579. The highest BCUT2D eigenvalue weighted by Crippen LogP contribution is 2.14. The molecule has 3 heteroatoms. The molecule has 2 aromatic rings. The first kappa shape index (κ1) is 14.8. The van der Waals surface area contributed by atoms with Gasteiger partial charge < -0.3 is 4.74 Å². The summed E-state index contributed by atoms with van der Waals surface area (Å²) < 4.78 is 5.34. The summed E-state index contributed by atoms with van der Waals surface area (Å²) in [6.45, 7) is 2.36. The normalized spacial score (nSPS) is 10.3. The first-order valence-electron chi connectivity index (χ1n) is 6.57. The van der Waals surface area contributed by atoms with Crippen LogP contribution in [0.4, 0.5) is 0 Å². The predicted octanol–water partition coefficient (Wildman–Crippen LogP) is 4.29. The standard InChI is InChI=1S/C17H17BrO2/c1-13-7-8-16(11-15(13)9-10-18)17(19)20-12-14-5-3-2-4-6-14/h2-8,11H,9-10,12H2,1H3. The van der Waals surface area contributed by atoms with Gasteiger partial charge >= 0.3 is 5.97 Å². The minimum atomic E-state index is -0.273. The molecule has 0 radical (unpaired) electrons. The van der Waals surface area contributed by atoms with Gasteiger partial charge in [0.25, 0.3) is 0 Å². The van der Waals surface area contributed by atoms with E-state index < -0.39 is 0 Å². The molecule has 0 bridgehead atoms. The Balaban J connectivity index is 2.04. The fourth-order valence-corrected chi connectivity index (χ4v) is 2.40. The summed E-state index contributed by atoms with van der Waals surface area (Å²) in [6, 6.07) is 15.4. The van der Waals surface area contributed by atoms with Crippen molar-refractivity contribution in [2.45, 2.75) is 20.0 Å².